The van der Waals surface area contributed by atoms with Crippen molar-refractivity contribution in [3.8, 4) is 0 Å². The van der Waals surface area contributed by atoms with Crippen LogP contribution in [0.2, 0.25) is 0 Å². The van der Waals surface area contributed by atoms with Crippen LogP contribution in [0.15, 0.2) is 42.9 Å². The lowest BCUT2D eigenvalue weighted by atomic mass is 10.1. The quantitative estimate of drug-likeness (QED) is 0.781. The Bertz CT molecular complexity index is 850. The number of anilines is 1. The Labute approximate surface area is 140 Å². The third kappa shape index (κ3) is 3.68. The Morgan fingerprint density at radius 2 is 2.08 bits per heavy atom. The van der Waals surface area contributed by atoms with E-state index < -0.39 is 6.04 Å². The van der Waals surface area contributed by atoms with Gasteiger partial charge in [0.15, 0.2) is 0 Å². The number of rotatable bonds is 5. The fourth-order valence-corrected chi connectivity index (χ4v) is 2.41. The molecule has 124 valence electrons. The smallest absolute Gasteiger partial charge is 0.251 e. The summed E-state index contributed by atoms with van der Waals surface area (Å²) in [4.78, 5) is 16.4. The van der Waals surface area contributed by atoms with Gasteiger partial charge in [-0.25, -0.2) is 9.67 Å². The van der Waals surface area contributed by atoms with Crippen molar-refractivity contribution < 1.29 is 4.79 Å². The van der Waals surface area contributed by atoms with Gasteiger partial charge in [-0.15, -0.1) is 5.10 Å². The number of carbonyl (C=O) groups is 1. The highest BCUT2D eigenvalue weighted by Gasteiger charge is 2.17. The van der Waals surface area contributed by atoms with Crippen LogP contribution in [0.5, 0.6) is 0 Å². The lowest BCUT2D eigenvalue weighted by Gasteiger charge is -2.10. The fraction of sp³-hybridized carbons (Fsp3) is 0.294. The third-order valence-corrected chi connectivity index (χ3v) is 3.72. The number of nitrogens with one attached hydrogen (secondary N) is 1. The second kappa shape index (κ2) is 6.66. The standard InChI is InChI=1S/C17H20N6O/c1-12-5-4-6-15(9-12)10-22-11-18-17(21-22)19-16(24)14(3)23-8-7-13(2)20-23/h4-9,11,14H,10H2,1-3H3,(H,19,21,24). The average Bonchev–Trinajstić information content (AvgIpc) is 3.16. The molecule has 7 nitrogen and oxygen atoms in total. The highest BCUT2D eigenvalue weighted by atomic mass is 16.2. The van der Waals surface area contributed by atoms with Crippen molar-refractivity contribution in [1.29, 1.82) is 0 Å². The number of aryl methyl sites for hydroxylation is 2. The van der Waals surface area contributed by atoms with Gasteiger partial charge in [0.2, 0.25) is 5.95 Å². The first-order valence-electron chi connectivity index (χ1n) is 7.79. The number of aromatic nitrogens is 5. The van der Waals surface area contributed by atoms with Gasteiger partial charge in [0, 0.05) is 6.20 Å². The largest absolute Gasteiger partial charge is 0.291 e. The summed E-state index contributed by atoms with van der Waals surface area (Å²) in [6.07, 6.45) is 3.39. The van der Waals surface area contributed by atoms with Gasteiger partial charge in [-0.05, 0) is 32.4 Å². The first-order valence-corrected chi connectivity index (χ1v) is 7.79. The minimum Gasteiger partial charge on any atom is -0.291 e. The molecule has 0 radical (unpaired) electrons. The summed E-state index contributed by atoms with van der Waals surface area (Å²) >= 11 is 0. The van der Waals surface area contributed by atoms with E-state index in [0.717, 1.165) is 11.3 Å². The minimum atomic E-state index is -0.428. The van der Waals surface area contributed by atoms with Crippen LogP contribution in [0.3, 0.4) is 0 Å². The lowest BCUT2D eigenvalue weighted by Crippen LogP contribution is -2.24. The summed E-state index contributed by atoms with van der Waals surface area (Å²) in [5.74, 6) is 0.0924. The molecular formula is C17H20N6O. The van der Waals surface area contributed by atoms with E-state index in [4.69, 9.17) is 0 Å². The lowest BCUT2D eigenvalue weighted by molar-refractivity contribution is -0.119. The van der Waals surface area contributed by atoms with Crippen LogP contribution in [0.4, 0.5) is 5.95 Å². The van der Waals surface area contributed by atoms with Gasteiger partial charge < -0.3 is 0 Å². The Morgan fingerprint density at radius 1 is 1.25 bits per heavy atom. The Morgan fingerprint density at radius 3 is 2.79 bits per heavy atom. The van der Waals surface area contributed by atoms with E-state index in [9.17, 15) is 4.79 Å². The van der Waals surface area contributed by atoms with Gasteiger partial charge in [-0.2, -0.15) is 5.10 Å². The maximum absolute atomic E-state index is 12.3. The molecule has 2 aromatic heterocycles. The molecule has 3 rings (SSSR count). The molecule has 3 aromatic rings. The molecule has 0 aliphatic rings. The van der Waals surface area contributed by atoms with Crippen molar-refractivity contribution in [1.82, 2.24) is 24.5 Å². The van der Waals surface area contributed by atoms with Gasteiger partial charge in [0.1, 0.15) is 12.4 Å². The monoisotopic (exact) mass is 324 g/mol. The fourth-order valence-electron chi connectivity index (χ4n) is 2.41. The summed E-state index contributed by atoms with van der Waals surface area (Å²) < 4.78 is 3.32. The van der Waals surface area contributed by atoms with Crippen LogP contribution in [-0.2, 0) is 11.3 Å². The predicted octanol–water partition coefficient (Wildman–Crippen LogP) is 2.34. The van der Waals surface area contributed by atoms with Crippen LogP contribution < -0.4 is 5.32 Å². The van der Waals surface area contributed by atoms with E-state index in [1.165, 1.54) is 5.56 Å². The van der Waals surface area contributed by atoms with Crippen molar-refractivity contribution in [3.63, 3.8) is 0 Å². The zero-order chi connectivity index (χ0) is 17.1. The first-order chi connectivity index (χ1) is 11.5. The van der Waals surface area contributed by atoms with Crippen molar-refractivity contribution in [3.05, 3.63) is 59.7 Å². The topological polar surface area (TPSA) is 77.6 Å². The molecule has 7 heteroatoms. The Hall–Kier alpha value is -2.96. The summed E-state index contributed by atoms with van der Waals surface area (Å²) in [7, 11) is 0. The summed E-state index contributed by atoms with van der Waals surface area (Å²) in [6.45, 7) is 6.33. The second-order valence-corrected chi connectivity index (χ2v) is 5.86. The molecule has 0 bridgehead atoms. The van der Waals surface area contributed by atoms with E-state index in [1.807, 2.05) is 25.1 Å². The Balaban J connectivity index is 1.64. The molecule has 0 spiro atoms. The predicted molar refractivity (Wildman–Crippen MR) is 90.6 cm³/mol. The number of hydrogen-bond acceptors (Lipinski definition) is 4. The molecule has 24 heavy (non-hydrogen) atoms. The molecule has 1 N–H and O–H groups in total. The van der Waals surface area contributed by atoms with Gasteiger partial charge in [0.05, 0.1) is 12.2 Å². The summed E-state index contributed by atoms with van der Waals surface area (Å²) in [5.41, 5.74) is 3.21. The van der Waals surface area contributed by atoms with Crippen molar-refractivity contribution in [2.45, 2.75) is 33.4 Å². The highest BCUT2D eigenvalue weighted by Crippen LogP contribution is 2.10. The van der Waals surface area contributed by atoms with Crippen LogP contribution in [0.1, 0.15) is 29.8 Å². The molecule has 0 fully saturated rings. The van der Waals surface area contributed by atoms with Crippen molar-refractivity contribution in [2.75, 3.05) is 5.32 Å². The zero-order valence-electron chi connectivity index (χ0n) is 14.0. The normalized spacial score (nSPS) is 12.1. The molecular weight excluding hydrogens is 304 g/mol. The van der Waals surface area contributed by atoms with Crippen LogP contribution in [-0.4, -0.2) is 30.5 Å². The number of amides is 1. The highest BCUT2D eigenvalue weighted by molar-refractivity contribution is 5.91. The van der Waals surface area contributed by atoms with E-state index in [-0.39, 0.29) is 5.91 Å². The van der Waals surface area contributed by atoms with E-state index in [0.29, 0.717) is 12.5 Å². The molecule has 0 aliphatic heterocycles. The zero-order valence-corrected chi connectivity index (χ0v) is 14.0. The van der Waals surface area contributed by atoms with Crippen molar-refractivity contribution >= 4 is 11.9 Å². The molecule has 1 atom stereocenters. The molecule has 1 aromatic carbocycles. The minimum absolute atomic E-state index is 0.202. The molecule has 0 saturated carbocycles. The summed E-state index contributed by atoms with van der Waals surface area (Å²) in [5, 5.41) is 11.3. The van der Waals surface area contributed by atoms with Crippen LogP contribution in [0, 0.1) is 13.8 Å². The van der Waals surface area contributed by atoms with Gasteiger partial charge in [0.25, 0.3) is 5.91 Å². The van der Waals surface area contributed by atoms with Crippen molar-refractivity contribution in [2.24, 2.45) is 0 Å². The average molecular weight is 324 g/mol. The third-order valence-electron chi connectivity index (χ3n) is 3.72. The molecule has 0 aliphatic carbocycles. The van der Waals surface area contributed by atoms with Gasteiger partial charge in [-0.1, -0.05) is 29.8 Å². The maximum Gasteiger partial charge on any atom is 0.251 e. The number of nitrogens with zero attached hydrogens (tertiary/aromatic N) is 5. The summed E-state index contributed by atoms with van der Waals surface area (Å²) in [6, 6.07) is 9.63. The SMILES string of the molecule is Cc1cccc(Cn2cnc(NC(=O)C(C)n3ccc(C)n3)n2)c1. The number of hydrogen-bond donors (Lipinski definition) is 1. The molecule has 1 unspecified atom stereocenters. The number of carbonyl (C=O) groups excluding carboxylic acids is 1. The molecule has 1 amide bonds. The molecule has 0 saturated heterocycles. The maximum atomic E-state index is 12.3. The van der Waals surface area contributed by atoms with E-state index >= 15 is 0 Å². The van der Waals surface area contributed by atoms with Gasteiger partial charge >= 0.3 is 0 Å². The first kappa shape index (κ1) is 15.9. The molecule has 2 heterocycles. The second-order valence-electron chi connectivity index (χ2n) is 5.86. The van der Waals surface area contributed by atoms with Gasteiger partial charge in [-0.3, -0.25) is 14.8 Å². The number of benzene rings is 1. The Kier molecular flexibility index (Phi) is 4.41. The van der Waals surface area contributed by atoms with E-state index in [2.05, 4.69) is 39.6 Å². The van der Waals surface area contributed by atoms with E-state index in [1.54, 1.807) is 28.8 Å². The van der Waals surface area contributed by atoms with Crippen LogP contribution in [0.25, 0.3) is 0 Å². The van der Waals surface area contributed by atoms with Crippen LogP contribution >= 0.6 is 0 Å².